The van der Waals surface area contributed by atoms with Crippen LogP contribution in [0.1, 0.15) is 33.1 Å². The number of rotatable bonds is 10. The van der Waals surface area contributed by atoms with Crippen LogP contribution in [0.5, 0.6) is 11.5 Å². The zero-order chi connectivity index (χ0) is 15.7. The maximum absolute atomic E-state index is 11.4. The van der Waals surface area contributed by atoms with Crippen molar-refractivity contribution in [3.63, 3.8) is 0 Å². The van der Waals surface area contributed by atoms with E-state index in [-0.39, 0.29) is 5.91 Å². The van der Waals surface area contributed by atoms with Gasteiger partial charge in [-0.3, -0.25) is 4.79 Å². The van der Waals surface area contributed by atoms with Crippen molar-refractivity contribution in [3.8, 4) is 11.5 Å². The Morgan fingerprint density at radius 1 is 1.29 bits per heavy atom. The van der Waals surface area contributed by atoms with Crippen molar-refractivity contribution in [1.29, 1.82) is 0 Å². The fraction of sp³-hybridized carbons (Fsp3) is 0.562. The van der Waals surface area contributed by atoms with Crippen molar-refractivity contribution in [2.24, 2.45) is 5.73 Å². The third kappa shape index (κ3) is 5.63. The fourth-order valence-corrected chi connectivity index (χ4v) is 1.96. The van der Waals surface area contributed by atoms with E-state index in [1.807, 2.05) is 38.1 Å². The van der Waals surface area contributed by atoms with Crippen molar-refractivity contribution in [3.05, 3.63) is 24.3 Å². The molecule has 0 saturated carbocycles. The lowest BCUT2D eigenvalue weighted by molar-refractivity contribution is -0.123. The van der Waals surface area contributed by atoms with E-state index in [0.29, 0.717) is 19.6 Å². The average molecular weight is 294 g/mol. The Hall–Kier alpha value is -1.75. The van der Waals surface area contributed by atoms with E-state index in [0.717, 1.165) is 24.3 Å². The summed E-state index contributed by atoms with van der Waals surface area (Å²) in [6.07, 6.45) is 2.43. The van der Waals surface area contributed by atoms with Gasteiger partial charge >= 0.3 is 0 Å². The summed E-state index contributed by atoms with van der Waals surface area (Å²) in [7, 11) is 1.75. The topological polar surface area (TPSA) is 73.6 Å². The van der Waals surface area contributed by atoms with E-state index in [1.54, 1.807) is 7.05 Å². The zero-order valence-electron chi connectivity index (χ0n) is 13.1. The Balaban J connectivity index is 2.31. The molecule has 1 rings (SSSR count). The first-order valence-electron chi connectivity index (χ1n) is 7.36. The van der Waals surface area contributed by atoms with Gasteiger partial charge in [-0.25, -0.2) is 0 Å². The van der Waals surface area contributed by atoms with Gasteiger partial charge in [0.15, 0.2) is 0 Å². The molecule has 1 amide bonds. The van der Waals surface area contributed by atoms with Gasteiger partial charge in [-0.1, -0.05) is 6.07 Å². The van der Waals surface area contributed by atoms with Crippen molar-refractivity contribution in [2.45, 2.75) is 38.6 Å². The van der Waals surface area contributed by atoms with Gasteiger partial charge in [0.05, 0.1) is 18.8 Å². The number of carbonyl (C=O) groups is 1. The van der Waals surface area contributed by atoms with E-state index in [4.69, 9.17) is 15.2 Å². The summed E-state index contributed by atoms with van der Waals surface area (Å²) >= 11 is 0. The minimum atomic E-state index is -0.644. The van der Waals surface area contributed by atoms with Crippen LogP contribution in [0.2, 0.25) is 0 Å². The molecule has 1 unspecified atom stereocenters. The second kappa shape index (κ2) is 8.52. The quantitative estimate of drug-likeness (QED) is 0.648. The van der Waals surface area contributed by atoms with Crippen LogP contribution in [0.25, 0.3) is 0 Å². The summed E-state index contributed by atoms with van der Waals surface area (Å²) in [5.41, 5.74) is 4.74. The third-order valence-electron chi connectivity index (χ3n) is 3.55. The summed E-state index contributed by atoms with van der Waals surface area (Å²) < 4.78 is 11.1. The Kier molecular flexibility index (Phi) is 7.02. The van der Waals surface area contributed by atoms with Gasteiger partial charge in [-0.15, -0.1) is 0 Å². The van der Waals surface area contributed by atoms with Gasteiger partial charge in [0.2, 0.25) is 5.91 Å². The Bertz CT molecular complexity index is 451. The van der Waals surface area contributed by atoms with E-state index in [2.05, 4.69) is 5.32 Å². The van der Waals surface area contributed by atoms with E-state index >= 15 is 0 Å². The Morgan fingerprint density at radius 3 is 2.52 bits per heavy atom. The molecule has 0 fully saturated rings. The van der Waals surface area contributed by atoms with Crippen LogP contribution in [0, 0.1) is 0 Å². The number of nitrogens with one attached hydrogen (secondary N) is 1. The van der Waals surface area contributed by atoms with E-state index < -0.39 is 5.54 Å². The summed E-state index contributed by atoms with van der Waals surface area (Å²) in [6.45, 7) is 5.01. The molecule has 118 valence electrons. The first kappa shape index (κ1) is 17.3. The number of amides is 1. The van der Waals surface area contributed by atoms with Gasteiger partial charge in [0.25, 0.3) is 0 Å². The fourth-order valence-electron chi connectivity index (χ4n) is 1.96. The first-order chi connectivity index (χ1) is 10.0. The number of unbranched alkanes of at least 4 members (excludes halogenated alkanes) is 1. The third-order valence-corrected chi connectivity index (χ3v) is 3.55. The molecular formula is C16H26N2O3. The average Bonchev–Trinajstić information content (AvgIpc) is 2.47. The molecule has 0 aromatic heterocycles. The predicted octanol–water partition coefficient (Wildman–Crippen LogP) is 2.10. The highest BCUT2D eigenvalue weighted by molar-refractivity contribution is 5.84. The number of likely N-dealkylation sites (N-methyl/N-ethyl adjacent to an activating group) is 1. The molecule has 0 saturated heterocycles. The number of benzene rings is 1. The number of hydrogen-bond acceptors (Lipinski definition) is 4. The van der Waals surface area contributed by atoms with Crippen LogP contribution < -0.4 is 20.5 Å². The molecule has 0 bridgehead atoms. The van der Waals surface area contributed by atoms with Crippen LogP contribution in [0.3, 0.4) is 0 Å². The SMILES string of the molecule is CCOc1cccc(OCCCCC(C)(NC)C(N)=O)c1. The molecular weight excluding hydrogens is 268 g/mol. The van der Waals surface area contributed by atoms with Crippen LogP contribution in [0.15, 0.2) is 24.3 Å². The normalized spacial score (nSPS) is 13.5. The van der Waals surface area contributed by atoms with Gasteiger partial charge in [-0.2, -0.15) is 0 Å². The molecule has 1 atom stereocenters. The van der Waals surface area contributed by atoms with Crippen LogP contribution in [0.4, 0.5) is 0 Å². The Morgan fingerprint density at radius 2 is 1.95 bits per heavy atom. The lowest BCUT2D eigenvalue weighted by atomic mass is 9.94. The van der Waals surface area contributed by atoms with Gasteiger partial charge in [0.1, 0.15) is 11.5 Å². The van der Waals surface area contributed by atoms with E-state index in [1.165, 1.54) is 0 Å². The number of carbonyl (C=O) groups excluding carboxylic acids is 1. The molecule has 5 heteroatoms. The second-order valence-corrected chi connectivity index (χ2v) is 5.16. The minimum absolute atomic E-state index is 0.324. The molecule has 0 aliphatic rings. The van der Waals surface area contributed by atoms with Gasteiger partial charge in [-0.05, 0) is 52.3 Å². The lowest BCUT2D eigenvalue weighted by Gasteiger charge is -2.25. The lowest BCUT2D eigenvalue weighted by Crippen LogP contribution is -2.51. The van der Waals surface area contributed by atoms with Crippen LogP contribution in [-0.4, -0.2) is 31.7 Å². The molecule has 0 heterocycles. The van der Waals surface area contributed by atoms with Gasteiger partial charge in [0, 0.05) is 6.07 Å². The molecule has 3 N–H and O–H groups in total. The summed E-state index contributed by atoms with van der Waals surface area (Å²) in [5, 5.41) is 2.98. The molecule has 1 aromatic carbocycles. The van der Waals surface area contributed by atoms with Crippen molar-refractivity contribution in [2.75, 3.05) is 20.3 Å². The monoisotopic (exact) mass is 294 g/mol. The zero-order valence-corrected chi connectivity index (χ0v) is 13.1. The van der Waals surface area contributed by atoms with Crippen molar-refractivity contribution in [1.82, 2.24) is 5.32 Å². The van der Waals surface area contributed by atoms with Crippen LogP contribution in [-0.2, 0) is 4.79 Å². The summed E-state index contributed by atoms with van der Waals surface area (Å²) in [5.74, 6) is 1.29. The molecule has 0 aliphatic carbocycles. The number of ether oxygens (including phenoxy) is 2. The minimum Gasteiger partial charge on any atom is -0.494 e. The predicted molar refractivity (Wildman–Crippen MR) is 83.6 cm³/mol. The number of nitrogens with two attached hydrogens (primary N) is 1. The molecule has 0 spiro atoms. The standard InChI is InChI=1S/C16H26N2O3/c1-4-20-13-8-7-9-14(12-13)21-11-6-5-10-16(2,18-3)15(17)19/h7-9,12,18H,4-6,10-11H2,1-3H3,(H2,17,19). The van der Waals surface area contributed by atoms with Crippen molar-refractivity contribution < 1.29 is 14.3 Å². The Labute approximate surface area is 126 Å². The van der Waals surface area contributed by atoms with Gasteiger partial charge < -0.3 is 20.5 Å². The number of hydrogen-bond donors (Lipinski definition) is 2. The second-order valence-electron chi connectivity index (χ2n) is 5.16. The molecule has 0 aliphatic heterocycles. The highest BCUT2D eigenvalue weighted by atomic mass is 16.5. The highest BCUT2D eigenvalue weighted by Crippen LogP contribution is 2.20. The molecule has 1 aromatic rings. The molecule has 0 radical (unpaired) electrons. The maximum Gasteiger partial charge on any atom is 0.237 e. The van der Waals surface area contributed by atoms with Crippen molar-refractivity contribution >= 4 is 5.91 Å². The summed E-state index contributed by atoms with van der Waals surface area (Å²) in [6, 6.07) is 7.60. The largest absolute Gasteiger partial charge is 0.494 e. The molecule has 21 heavy (non-hydrogen) atoms. The highest BCUT2D eigenvalue weighted by Gasteiger charge is 2.27. The maximum atomic E-state index is 11.4. The smallest absolute Gasteiger partial charge is 0.237 e. The summed E-state index contributed by atoms with van der Waals surface area (Å²) in [4.78, 5) is 11.4. The first-order valence-corrected chi connectivity index (χ1v) is 7.36. The van der Waals surface area contributed by atoms with E-state index in [9.17, 15) is 4.79 Å². The van der Waals surface area contributed by atoms with Crippen LogP contribution >= 0.6 is 0 Å². The number of primary amides is 1. The molecule has 5 nitrogen and oxygen atoms in total.